The highest BCUT2D eigenvalue weighted by Crippen LogP contribution is 2.08. The molecule has 0 aliphatic heterocycles. The van der Waals surface area contributed by atoms with Gasteiger partial charge in [-0.1, -0.05) is 0 Å². The summed E-state index contributed by atoms with van der Waals surface area (Å²) in [6.45, 7) is 4.16. The molecule has 1 aromatic heterocycles. The van der Waals surface area contributed by atoms with Gasteiger partial charge >= 0.3 is 0 Å². The molecule has 0 aromatic carbocycles. The van der Waals surface area contributed by atoms with Gasteiger partial charge in [0.15, 0.2) is 5.69 Å². The van der Waals surface area contributed by atoms with Gasteiger partial charge in [0, 0.05) is 18.8 Å². The van der Waals surface area contributed by atoms with Crippen LogP contribution in [0.5, 0.6) is 0 Å². The molecule has 0 saturated carbocycles. The molecule has 15 heavy (non-hydrogen) atoms. The van der Waals surface area contributed by atoms with Gasteiger partial charge in [0.25, 0.3) is 5.91 Å². The number of hydrogen-bond donors (Lipinski definition) is 3. The number of nitrogens with zero attached hydrogens (tertiary/aromatic N) is 2. The van der Waals surface area contributed by atoms with Crippen molar-refractivity contribution in [1.29, 1.82) is 0 Å². The van der Waals surface area contributed by atoms with Crippen LogP contribution in [-0.2, 0) is 6.54 Å². The quantitative estimate of drug-likeness (QED) is 0.633. The van der Waals surface area contributed by atoms with Gasteiger partial charge in [0.2, 0.25) is 0 Å². The molecule has 0 bridgehead atoms. The van der Waals surface area contributed by atoms with Gasteiger partial charge in [-0.3, -0.25) is 9.48 Å². The third-order valence-corrected chi connectivity index (χ3v) is 1.98. The average Bonchev–Trinajstić information content (AvgIpc) is 2.59. The highest BCUT2D eigenvalue weighted by atomic mass is 16.3. The van der Waals surface area contributed by atoms with Crippen LogP contribution in [0.4, 0.5) is 5.69 Å². The minimum Gasteiger partial charge on any atom is -0.396 e. The van der Waals surface area contributed by atoms with Crippen LogP contribution >= 0.6 is 0 Å². The van der Waals surface area contributed by atoms with Crippen LogP contribution in [-0.4, -0.2) is 33.4 Å². The number of hydrogen-bond acceptors (Lipinski definition) is 4. The number of carbonyl (C=O) groups excluding carboxylic acids is 1. The maximum atomic E-state index is 11.6. The van der Waals surface area contributed by atoms with Crippen molar-refractivity contribution in [3.8, 4) is 0 Å². The second kappa shape index (κ2) is 4.79. The van der Waals surface area contributed by atoms with E-state index in [-0.39, 0.29) is 24.2 Å². The zero-order valence-corrected chi connectivity index (χ0v) is 8.90. The number of anilines is 1. The first-order chi connectivity index (χ1) is 7.08. The molecule has 1 amide bonds. The summed E-state index contributed by atoms with van der Waals surface area (Å²) in [5, 5.41) is 15.4. The lowest BCUT2D eigenvalue weighted by Crippen LogP contribution is -2.35. The topological polar surface area (TPSA) is 93.2 Å². The van der Waals surface area contributed by atoms with E-state index >= 15 is 0 Å². The van der Waals surface area contributed by atoms with Crippen molar-refractivity contribution >= 4 is 11.6 Å². The number of nitrogens with one attached hydrogen (secondary N) is 1. The van der Waals surface area contributed by atoms with Crippen LogP contribution in [0, 0.1) is 0 Å². The molecular formula is C9H16N4O2. The molecule has 0 radical (unpaired) electrons. The maximum absolute atomic E-state index is 11.6. The number of aliphatic hydroxyl groups excluding tert-OH is 1. The Labute approximate surface area is 88.1 Å². The first kappa shape index (κ1) is 11.5. The predicted octanol–water partition coefficient (Wildman–Crippen LogP) is -0.404. The number of nitrogen functional groups attached to an aromatic ring is 1. The molecular weight excluding hydrogens is 196 g/mol. The fourth-order valence-electron chi connectivity index (χ4n) is 1.11. The van der Waals surface area contributed by atoms with Crippen molar-refractivity contribution in [2.45, 2.75) is 26.4 Å². The van der Waals surface area contributed by atoms with E-state index in [0.717, 1.165) is 0 Å². The SMILES string of the molecule is CCn1cc(N)c(C(=O)NC(C)CO)n1. The standard InChI is InChI=1S/C9H16N4O2/c1-3-13-4-7(10)8(12-13)9(15)11-6(2)5-14/h4,6,14H,3,5,10H2,1-2H3,(H,11,15). The molecule has 6 nitrogen and oxygen atoms in total. The Morgan fingerprint density at radius 3 is 2.93 bits per heavy atom. The molecule has 1 heterocycles. The maximum Gasteiger partial charge on any atom is 0.274 e. The normalized spacial score (nSPS) is 12.5. The Hall–Kier alpha value is -1.56. The third kappa shape index (κ3) is 2.69. The van der Waals surface area contributed by atoms with Gasteiger partial charge in [0.1, 0.15) is 0 Å². The van der Waals surface area contributed by atoms with Crippen LogP contribution in [0.2, 0.25) is 0 Å². The van der Waals surface area contributed by atoms with Gasteiger partial charge in [-0.2, -0.15) is 5.10 Å². The Morgan fingerprint density at radius 2 is 2.47 bits per heavy atom. The number of aryl methyl sites for hydroxylation is 1. The summed E-state index contributed by atoms with van der Waals surface area (Å²) in [5.41, 5.74) is 6.18. The molecule has 0 aliphatic rings. The summed E-state index contributed by atoms with van der Waals surface area (Å²) in [7, 11) is 0. The molecule has 84 valence electrons. The first-order valence-corrected chi connectivity index (χ1v) is 4.83. The van der Waals surface area contributed by atoms with Crippen LogP contribution in [0.1, 0.15) is 24.3 Å². The van der Waals surface area contributed by atoms with E-state index in [4.69, 9.17) is 10.8 Å². The van der Waals surface area contributed by atoms with Gasteiger partial charge in [-0.05, 0) is 13.8 Å². The molecule has 0 saturated heterocycles. The summed E-state index contributed by atoms with van der Waals surface area (Å²) in [4.78, 5) is 11.6. The summed E-state index contributed by atoms with van der Waals surface area (Å²) in [6, 6.07) is -0.302. The van der Waals surface area contributed by atoms with Crippen molar-refractivity contribution in [2.75, 3.05) is 12.3 Å². The Bertz CT molecular complexity index is 348. The third-order valence-electron chi connectivity index (χ3n) is 1.98. The molecule has 4 N–H and O–H groups in total. The lowest BCUT2D eigenvalue weighted by atomic mass is 10.3. The van der Waals surface area contributed by atoms with E-state index in [9.17, 15) is 4.79 Å². The first-order valence-electron chi connectivity index (χ1n) is 4.83. The van der Waals surface area contributed by atoms with Gasteiger partial charge in [-0.15, -0.1) is 0 Å². The molecule has 0 fully saturated rings. The minimum atomic E-state index is -0.360. The molecule has 6 heteroatoms. The Kier molecular flexibility index (Phi) is 3.68. The number of amides is 1. The number of aliphatic hydroxyl groups is 1. The highest BCUT2D eigenvalue weighted by Gasteiger charge is 2.15. The smallest absolute Gasteiger partial charge is 0.274 e. The summed E-state index contributed by atoms with van der Waals surface area (Å²) < 4.78 is 1.59. The zero-order valence-electron chi connectivity index (χ0n) is 8.90. The molecule has 1 atom stereocenters. The molecule has 1 aromatic rings. The fourth-order valence-corrected chi connectivity index (χ4v) is 1.11. The second-order valence-electron chi connectivity index (χ2n) is 3.35. The lowest BCUT2D eigenvalue weighted by Gasteiger charge is -2.09. The number of aromatic nitrogens is 2. The summed E-state index contributed by atoms with van der Waals surface area (Å²) in [5.74, 6) is -0.360. The second-order valence-corrected chi connectivity index (χ2v) is 3.35. The number of carbonyl (C=O) groups is 1. The van der Waals surface area contributed by atoms with Gasteiger partial charge in [-0.25, -0.2) is 0 Å². The van der Waals surface area contributed by atoms with E-state index in [1.165, 1.54) is 0 Å². The lowest BCUT2D eigenvalue weighted by molar-refractivity contribution is 0.0917. The molecule has 0 spiro atoms. The fraction of sp³-hybridized carbons (Fsp3) is 0.556. The van der Waals surface area contributed by atoms with Crippen molar-refractivity contribution in [1.82, 2.24) is 15.1 Å². The van der Waals surface area contributed by atoms with Gasteiger partial charge < -0.3 is 16.2 Å². The zero-order chi connectivity index (χ0) is 11.4. The average molecular weight is 212 g/mol. The van der Waals surface area contributed by atoms with Gasteiger partial charge in [0.05, 0.1) is 12.3 Å². The van der Waals surface area contributed by atoms with E-state index in [1.807, 2.05) is 6.92 Å². The Morgan fingerprint density at radius 1 is 1.80 bits per heavy atom. The van der Waals surface area contributed by atoms with Crippen molar-refractivity contribution in [3.05, 3.63) is 11.9 Å². The largest absolute Gasteiger partial charge is 0.396 e. The van der Waals surface area contributed by atoms with Crippen molar-refractivity contribution < 1.29 is 9.90 Å². The van der Waals surface area contributed by atoms with E-state index in [0.29, 0.717) is 12.2 Å². The van der Waals surface area contributed by atoms with Crippen LogP contribution in [0.25, 0.3) is 0 Å². The van der Waals surface area contributed by atoms with Crippen LogP contribution < -0.4 is 11.1 Å². The summed E-state index contributed by atoms with van der Waals surface area (Å²) >= 11 is 0. The number of nitrogens with two attached hydrogens (primary N) is 1. The number of rotatable bonds is 4. The van der Waals surface area contributed by atoms with E-state index < -0.39 is 0 Å². The van der Waals surface area contributed by atoms with Crippen LogP contribution in [0.15, 0.2) is 6.20 Å². The summed E-state index contributed by atoms with van der Waals surface area (Å²) in [6.07, 6.45) is 1.61. The monoisotopic (exact) mass is 212 g/mol. The van der Waals surface area contributed by atoms with E-state index in [2.05, 4.69) is 10.4 Å². The Balaban J connectivity index is 2.77. The molecule has 1 unspecified atom stereocenters. The highest BCUT2D eigenvalue weighted by molar-refractivity contribution is 5.97. The molecule has 1 rings (SSSR count). The van der Waals surface area contributed by atoms with E-state index in [1.54, 1.807) is 17.8 Å². The minimum absolute atomic E-state index is 0.111. The predicted molar refractivity (Wildman–Crippen MR) is 56.3 cm³/mol. The van der Waals surface area contributed by atoms with Crippen molar-refractivity contribution in [3.63, 3.8) is 0 Å². The van der Waals surface area contributed by atoms with Crippen molar-refractivity contribution in [2.24, 2.45) is 0 Å². The van der Waals surface area contributed by atoms with Crippen LogP contribution in [0.3, 0.4) is 0 Å². The molecule has 0 aliphatic carbocycles.